The zero-order valence-corrected chi connectivity index (χ0v) is 14.7. The van der Waals surface area contributed by atoms with Crippen LogP contribution in [0.4, 0.5) is 0 Å². The van der Waals surface area contributed by atoms with Crippen LogP contribution in [0, 0.1) is 0 Å². The molecule has 27 heavy (non-hydrogen) atoms. The van der Waals surface area contributed by atoms with Gasteiger partial charge in [-0.15, -0.1) is 0 Å². The molecule has 0 radical (unpaired) electrons. The third-order valence-electron chi connectivity index (χ3n) is 4.53. The zero-order chi connectivity index (χ0) is 18.6. The van der Waals surface area contributed by atoms with E-state index in [1.165, 1.54) is 6.07 Å². The van der Waals surface area contributed by atoms with Gasteiger partial charge < -0.3 is 18.8 Å². The fourth-order valence-corrected chi connectivity index (χ4v) is 3.14. The highest BCUT2D eigenvalue weighted by Gasteiger charge is 2.17. The van der Waals surface area contributed by atoms with Gasteiger partial charge >= 0.3 is 5.63 Å². The number of benzene rings is 2. The summed E-state index contributed by atoms with van der Waals surface area (Å²) in [4.78, 5) is 25.9. The summed E-state index contributed by atoms with van der Waals surface area (Å²) in [5.74, 6) is 0.398. The van der Waals surface area contributed by atoms with Crippen LogP contribution in [0.25, 0.3) is 22.1 Å². The maximum absolute atomic E-state index is 12.2. The summed E-state index contributed by atoms with van der Waals surface area (Å²) in [6.45, 7) is 2.20. The number of carbonyl (C=O) groups excluding carboxylic acids is 1. The Morgan fingerprint density at radius 1 is 1.04 bits per heavy atom. The molecule has 1 aromatic heterocycles. The van der Waals surface area contributed by atoms with E-state index in [1.807, 2.05) is 36.4 Å². The van der Waals surface area contributed by atoms with Crippen LogP contribution in [0.2, 0.25) is 0 Å². The fourth-order valence-electron chi connectivity index (χ4n) is 3.14. The van der Waals surface area contributed by atoms with Crippen LogP contribution in [-0.2, 0) is 9.53 Å². The van der Waals surface area contributed by atoms with E-state index >= 15 is 0 Å². The molecule has 1 aliphatic rings. The van der Waals surface area contributed by atoms with Gasteiger partial charge in [0.25, 0.3) is 5.91 Å². The van der Waals surface area contributed by atoms with E-state index in [2.05, 4.69) is 0 Å². The highest BCUT2D eigenvalue weighted by atomic mass is 16.5. The molecule has 0 unspecified atom stereocenters. The summed E-state index contributed by atoms with van der Waals surface area (Å²) < 4.78 is 16.2. The molecule has 0 saturated carbocycles. The average molecular weight is 365 g/mol. The van der Waals surface area contributed by atoms with Crippen molar-refractivity contribution in [3.63, 3.8) is 0 Å². The highest BCUT2D eigenvalue weighted by Crippen LogP contribution is 2.29. The van der Waals surface area contributed by atoms with Crippen molar-refractivity contribution in [2.45, 2.75) is 0 Å². The first-order chi connectivity index (χ1) is 13.2. The van der Waals surface area contributed by atoms with Crippen LogP contribution in [-0.4, -0.2) is 43.7 Å². The molecule has 1 amide bonds. The van der Waals surface area contributed by atoms with Gasteiger partial charge in [0.1, 0.15) is 11.3 Å². The Labute approximate surface area is 155 Å². The van der Waals surface area contributed by atoms with Gasteiger partial charge in [-0.05, 0) is 23.3 Å². The van der Waals surface area contributed by atoms with Crippen LogP contribution in [0.1, 0.15) is 0 Å². The lowest BCUT2D eigenvalue weighted by Crippen LogP contribution is -2.42. The molecule has 0 bridgehead atoms. The lowest BCUT2D eigenvalue weighted by Gasteiger charge is -2.26. The van der Waals surface area contributed by atoms with Gasteiger partial charge in [0.2, 0.25) is 0 Å². The molecule has 4 rings (SSSR count). The summed E-state index contributed by atoms with van der Waals surface area (Å²) in [5.41, 5.74) is 1.74. The second-order valence-corrected chi connectivity index (χ2v) is 6.28. The second-order valence-electron chi connectivity index (χ2n) is 6.28. The van der Waals surface area contributed by atoms with Crippen molar-refractivity contribution >= 4 is 16.9 Å². The van der Waals surface area contributed by atoms with Crippen LogP contribution in [0.15, 0.2) is 63.8 Å². The van der Waals surface area contributed by atoms with E-state index in [0.29, 0.717) is 37.6 Å². The van der Waals surface area contributed by atoms with E-state index in [4.69, 9.17) is 13.9 Å². The third-order valence-corrected chi connectivity index (χ3v) is 4.53. The number of hydrogen-bond acceptors (Lipinski definition) is 5. The summed E-state index contributed by atoms with van der Waals surface area (Å²) >= 11 is 0. The summed E-state index contributed by atoms with van der Waals surface area (Å²) in [6.07, 6.45) is 0. The second kappa shape index (κ2) is 7.63. The summed E-state index contributed by atoms with van der Waals surface area (Å²) in [5, 5.41) is 0.813. The maximum Gasteiger partial charge on any atom is 0.336 e. The Balaban J connectivity index is 1.57. The normalized spacial score (nSPS) is 14.3. The van der Waals surface area contributed by atoms with Crippen molar-refractivity contribution < 1.29 is 18.7 Å². The topological polar surface area (TPSA) is 69.0 Å². The highest BCUT2D eigenvalue weighted by molar-refractivity contribution is 5.93. The van der Waals surface area contributed by atoms with Crippen molar-refractivity contribution in [3.05, 3.63) is 65.0 Å². The number of carbonyl (C=O) groups is 1. The Morgan fingerprint density at radius 2 is 1.81 bits per heavy atom. The van der Waals surface area contributed by atoms with Gasteiger partial charge in [-0.1, -0.05) is 30.3 Å². The molecule has 0 atom stereocenters. The molecule has 0 aliphatic carbocycles. The van der Waals surface area contributed by atoms with Crippen molar-refractivity contribution in [2.24, 2.45) is 0 Å². The molecule has 138 valence electrons. The van der Waals surface area contributed by atoms with E-state index < -0.39 is 5.63 Å². The van der Waals surface area contributed by atoms with Crippen LogP contribution in [0.3, 0.4) is 0 Å². The molecule has 1 fully saturated rings. The van der Waals surface area contributed by atoms with Gasteiger partial charge in [-0.2, -0.15) is 0 Å². The maximum atomic E-state index is 12.2. The average Bonchev–Trinajstić information content (AvgIpc) is 2.72. The first-order valence-corrected chi connectivity index (χ1v) is 8.82. The minimum absolute atomic E-state index is 0.0614. The smallest absolute Gasteiger partial charge is 0.336 e. The van der Waals surface area contributed by atoms with E-state index in [1.54, 1.807) is 17.0 Å². The summed E-state index contributed by atoms with van der Waals surface area (Å²) in [6, 6.07) is 16.4. The number of fused-ring (bicyclic) bond motifs is 1. The molecule has 6 heteroatoms. The number of nitrogens with zero attached hydrogens (tertiary/aromatic N) is 1. The largest absolute Gasteiger partial charge is 0.484 e. The molecule has 0 spiro atoms. The number of rotatable bonds is 4. The molecule has 2 heterocycles. The van der Waals surface area contributed by atoms with Gasteiger partial charge in [-0.25, -0.2) is 4.79 Å². The molecular formula is C21H19NO5. The van der Waals surface area contributed by atoms with Crippen LogP contribution in [0.5, 0.6) is 5.75 Å². The van der Waals surface area contributed by atoms with Gasteiger partial charge in [0, 0.05) is 30.6 Å². The van der Waals surface area contributed by atoms with E-state index in [0.717, 1.165) is 16.5 Å². The summed E-state index contributed by atoms with van der Waals surface area (Å²) in [7, 11) is 0. The predicted octanol–water partition coefficient (Wildman–Crippen LogP) is 2.70. The monoisotopic (exact) mass is 365 g/mol. The van der Waals surface area contributed by atoms with Crippen molar-refractivity contribution in [1.29, 1.82) is 0 Å². The SMILES string of the molecule is O=C(COc1ccc2c(-c3ccccc3)cc(=O)oc2c1)N1CCOCC1. The van der Waals surface area contributed by atoms with Crippen LogP contribution >= 0.6 is 0 Å². The Hall–Kier alpha value is -3.12. The molecule has 0 N–H and O–H groups in total. The van der Waals surface area contributed by atoms with Gasteiger partial charge in [-0.3, -0.25) is 4.79 Å². The van der Waals surface area contributed by atoms with Gasteiger partial charge in [0.05, 0.1) is 13.2 Å². The van der Waals surface area contributed by atoms with E-state index in [-0.39, 0.29) is 12.5 Å². The lowest BCUT2D eigenvalue weighted by atomic mass is 10.0. The van der Waals surface area contributed by atoms with Crippen molar-refractivity contribution in [1.82, 2.24) is 4.90 Å². The number of amides is 1. The molecule has 6 nitrogen and oxygen atoms in total. The third kappa shape index (κ3) is 3.85. The molecule has 1 aliphatic heterocycles. The standard InChI is InChI=1S/C21H19NO5/c23-20(22-8-10-25-11-9-22)14-26-16-6-7-17-18(15-4-2-1-3-5-15)13-21(24)27-19(17)12-16/h1-7,12-13H,8-11,14H2. The first-order valence-electron chi connectivity index (χ1n) is 8.82. The van der Waals surface area contributed by atoms with E-state index in [9.17, 15) is 9.59 Å². The molecule has 1 saturated heterocycles. The minimum atomic E-state index is -0.428. The zero-order valence-electron chi connectivity index (χ0n) is 14.7. The fraction of sp³-hybridized carbons (Fsp3) is 0.238. The van der Waals surface area contributed by atoms with Crippen LogP contribution < -0.4 is 10.4 Å². The quantitative estimate of drug-likeness (QED) is 0.665. The van der Waals surface area contributed by atoms with Gasteiger partial charge in [0.15, 0.2) is 6.61 Å². The Bertz CT molecular complexity index is 1010. The predicted molar refractivity (Wildman–Crippen MR) is 101 cm³/mol. The Kier molecular flexibility index (Phi) is 4.89. The lowest BCUT2D eigenvalue weighted by molar-refractivity contribution is -0.137. The Morgan fingerprint density at radius 3 is 2.59 bits per heavy atom. The minimum Gasteiger partial charge on any atom is -0.484 e. The number of hydrogen-bond donors (Lipinski definition) is 0. The molecular weight excluding hydrogens is 346 g/mol. The van der Waals surface area contributed by atoms with Crippen molar-refractivity contribution in [3.8, 4) is 16.9 Å². The molecule has 3 aromatic rings. The van der Waals surface area contributed by atoms with Crippen molar-refractivity contribution in [2.75, 3.05) is 32.9 Å². The number of ether oxygens (including phenoxy) is 2. The molecule has 2 aromatic carbocycles. The first kappa shape index (κ1) is 17.3. The number of morpholine rings is 1.